The summed E-state index contributed by atoms with van der Waals surface area (Å²) in [5, 5.41) is 2.97. The summed E-state index contributed by atoms with van der Waals surface area (Å²) >= 11 is 0. The largest absolute Gasteiger partial charge is 0.353 e. The molecule has 0 aliphatic carbocycles. The predicted octanol–water partition coefficient (Wildman–Crippen LogP) is 4.16. The van der Waals surface area contributed by atoms with E-state index in [-0.39, 0.29) is 5.91 Å². The molecule has 0 spiro atoms. The average Bonchev–Trinajstić information content (AvgIpc) is 2.78. The summed E-state index contributed by atoms with van der Waals surface area (Å²) in [6, 6.07) is 14.1. The summed E-state index contributed by atoms with van der Waals surface area (Å²) in [6.45, 7) is 5.51. The molecule has 1 aliphatic heterocycles. The smallest absolute Gasteiger partial charge is 0.256 e. The highest BCUT2D eigenvalue weighted by molar-refractivity contribution is 5.99. The van der Waals surface area contributed by atoms with Gasteiger partial charge in [0.2, 0.25) is 0 Å². The van der Waals surface area contributed by atoms with Crippen molar-refractivity contribution in [2.75, 3.05) is 11.4 Å². The van der Waals surface area contributed by atoms with E-state index in [2.05, 4.69) is 46.2 Å². The maximum Gasteiger partial charge on any atom is 0.256 e. The van der Waals surface area contributed by atoms with E-state index in [1.807, 2.05) is 30.3 Å². The van der Waals surface area contributed by atoms with Gasteiger partial charge >= 0.3 is 0 Å². The van der Waals surface area contributed by atoms with Crippen molar-refractivity contribution in [2.24, 2.45) is 0 Å². The number of hydrogen-bond donors (Lipinski definition) is 1. The number of aromatic nitrogens is 3. The Kier molecular flexibility index (Phi) is 6.02. The van der Waals surface area contributed by atoms with Crippen LogP contribution in [0.4, 0.5) is 5.82 Å². The number of carbonyl (C=O) groups excluding carboxylic acids is 1. The van der Waals surface area contributed by atoms with Gasteiger partial charge in [-0.25, -0.2) is 9.97 Å². The van der Waals surface area contributed by atoms with Gasteiger partial charge in [0, 0.05) is 30.5 Å². The Morgan fingerprint density at radius 2 is 2.07 bits per heavy atom. The van der Waals surface area contributed by atoms with Crippen LogP contribution in [0.3, 0.4) is 0 Å². The van der Waals surface area contributed by atoms with Gasteiger partial charge in [0.05, 0.1) is 12.2 Å². The number of pyridine rings is 1. The fraction of sp³-hybridized carbons (Fsp3) is 0.333. The number of benzene rings is 1. The third-order valence-corrected chi connectivity index (χ3v) is 5.52. The summed E-state index contributed by atoms with van der Waals surface area (Å²) in [4.78, 5) is 29.0. The molecule has 1 atom stereocenters. The van der Waals surface area contributed by atoms with Crippen molar-refractivity contribution in [1.82, 2.24) is 20.3 Å². The highest BCUT2D eigenvalue weighted by atomic mass is 16.1. The number of carbonyl (C=O) groups is 1. The zero-order chi connectivity index (χ0) is 20.9. The number of nitrogens with zero attached hydrogens (tertiary/aromatic N) is 4. The number of amides is 1. The second-order valence-corrected chi connectivity index (χ2v) is 7.84. The van der Waals surface area contributed by atoms with Crippen LogP contribution in [0.2, 0.25) is 0 Å². The molecule has 0 bridgehead atoms. The molecule has 0 saturated carbocycles. The zero-order valence-electron chi connectivity index (χ0n) is 17.5. The molecule has 0 radical (unpaired) electrons. The predicted molar refractivity (Wildman–Crippen MR) is 118 cm³/mol. The van der Waals surface area contributed by atoms with Gasteiger partial charge in [0.1, 0.15) is 11.4 Å². The zero-order valence-corrected chi connectivity index (χ0v) is 17.5. The van der Waals surface area contributed by atoms with Gasteiger partial charge < -0.3 is 10.2 Å². The van der Waals surface area contributed by atoms with Crippen molar-refractivity contribution in [2.45, 2.75) is 45.7 Å². The number of hydrogen-bond acceptors (Lipinski definition) is 5. The Morgan fingerprint density at radius 3 is 2.83 bits per heavy atom. The first kappa shape index (κ1) is 20.0. The second-order valence-electron chi connectivity index (χ2n) is 7.84. The van der Waals surface area contributed by atoms with Crippen LogP contribution in [0.25, 0.3) is 11.4 Å². The number of aryl methyl sites for hydroxylation is 1. The normalized spacial score (nSPS) is 16.3. The highest BCUT2D eigenvalue weighted by Crippen LogP contribution is 2.28. The Hall–Kier alpha value is -3.28. The van der Waals surface area contributed by atoms with E-state index >= 15 is 0 Å². The number of nitrogens with one attached hydrogen (secondary N) is 1. The van der Waals surface area contributed by atoms with Crippen molar-refractivity contribution in [3.8, 4) is 11.4 Å². The maximum absolute atomic E-state index is 13.0. The average molecular weight is 402 g/mol. The first-order valence-electron chi connectivity index (χ1n) is 10.5. The summed E-state index contributed by atoms with van der Waals surface area (Å²) < 4.78 is 0. The van der Waals surface area contributed by atoms with Crippen molar-refractivity contribution in [1.29, 1.82) is 0 Å². The molecule has 6 nitrogen and oxygen atoms in total. The SMILES string of the molecule is Cc1cccc(-c2ncc(C(=O)NCc3ccccn3)c(N3CCCC[C@H]3C)n2)c1. The van der Waals surface area contributed by atoms with Crippen molar-refractivity contribution in [3.05, 3.63) is 71.7 Å². The van der Waals surface area contributed by atoms with Crippen LogP contribution in [0.5, 0.6) is 0 Å². The number of anilines is 1. The van der Waals surface area contributed by atoms with Gasteiger partial charge in [0.25, 0.3) is 5.91 Å². The van der Waals surface area contributed by atoms with Crippen LogP contribution in [-0.4, -0.2) is 33.4 Å². The summed E-state index contributed by atoms with van der Waals surface area (Å²) in [6.07, 6.45) is 6.79. The van der Waals surface area contributed by atoms with Crippen LogP contribution in [0.1, 0.15) is 47.8 Å². The third-order valence-electron chi connectivity index (χ3n) is 5.52. The maximum atomic E-state index is 13.0. The molecule has 1 aliphatic rings. The van der Waals surface area contributed by atoms with Crippen molar-refractivity contribution < 1.29 is 4.79 Å². The monoisotopic (exact) mass is 401 g/mol. The van der Waals surface area contributed by atoms with E-state index in [1.165, 1.54) is 6.42 Å². The Morgan fingerprint density at radius 1 is 1.17 bits per heavy atom. The lowest BCUT2D eigenvalue weighted by Crippen LogP contribution is -2.40. The number of rotatable bonds is 5. The topological polar surface area (TPSA) is 71.0 Å². The van der Waals surface area contributed by atoms with Crippen LogP contribution in [0.15, 0.2) is 54.9 Å². The molecule has 0 unspecified atom stereocenters. The fourth-order valence-corrected chi connectivity index (χ4v) is 3.86. The molecule has 3 heterocycles. The Bertz CT molecular complexity index is 1020. The Labute approximate surface area is 177 Å². The molecule has 1 N–H and O–H groups in total. The lowest BCUT2D eigenvalue weighted by molar-refractivity contribution is 0.0950. The van der Waals surface area contributed by atoms with Crippen LogP contribution < -0.4 is 10.2 Å². The molecular weight excluding hydrogens is 374 g/mol. The lowest BCUT2D eigenvalue weighted by atomic mass is 10.0. The summed E-state index contributed by atoms with van der Waals surface area (Å²) in [5.41, 5.74) is 3.44. The van der Waals surface area contributed by atoms with Gasteiger partial charge in [-0.15, -0.1) is 0 Å². The summed E-state index contributed by atoms with van der Waals surface area (Å²) in [5.74, 6) is 1.18. The number of piperidine rings is 1. The molecule has 154 valence electrons. The molecule has 3 aromatic rings. The van der Waals surface area contributed by atoms with Crippen LogP contribution in [-0.2, 0) is 6.54 Å². The third kappa shape index (κ3) is 4.48. The molecule has 30 heavy (non-hydrogen) atoms. The van der Waals surface area contributed by atoms with Crippen molar-refractivity contribution in [3.63, 3.8) is 0 Å². The van der Waals surface area contributed by atoms with E-state index in [0.29, 0.717) is 29.8 Å². The first-order chi connectivity index (χ1) is 14.6. The minimum Gasteiger partial charge on any atom is -0.353 e. The quantitative estimate of drug-likeness (QED) is 0.695. The first-order valence-corrected chi connectivity index (χ1v) is 10.5. The molecular formula is C24H27N5O. The van der Waals surface area contributed by atoms with Gasteiger partial charge in [-0.3, -0.25) is 9.78 Å². The lowest BCUT2D eigenvalue weighted by Gasteiger charge is -2.35. The van der Waals surface area contributed by atoms with E-state index < -0.39 is 0 Å². The molecule has 1 saturated heterocycles. The van der Waals surface area contributed by atoms with Gasteiger partial charge in [-0.2, -0.15) is 0 Å². The van der Waals surface area contributed by atoms with Crippen LogP contribution >= 0.6 is 0 Å². The van der Waals surface area contributed by atoms with Gasteiger partial charge in [0.15, 0.2) is 5.82 Å². The van der Waals surface area contributed by atoms with E-state index in [1.54, 1.807) is 12.4 Å². The minimum absolute atomic E-state index is 0.177. The van der Waals surface area contributed by atoms with Gasteiger partial charge in [-0.05, 0) is 51.3 Å². The highest BCUT2D eigenvalue weighted by Gasteiger charge is 2.26. The van der Waals surface area contributed by atoms with E-state index in [9.17, 15) is 4.79 Å². The molecule has 1 aromatic carbocycles. The molecule has 4 rings (SSSR count). The second kappa shape index (κ2) is 9.03. The fourth-order valence-electron chi connectivity index (χ4n) is 3.86. The van der Waals surface area contributed by atoms with Crippen molar-refractivity contribution >= 4 is 11.7 Å². The minimum atomic E-state index is -0.177. The molecule has 1 amide bonds. The summed E-state index contributed by atoms with van der Waals surface area (Å²) in [7, 11) is 0. The molecule has 6 heteroatoms. The standard InChI is InChI=1S/C24H27N5O/c1-17-8-7-10-19(14-17)22-26-16-21(23(28-22)29-13-6-4-9-18(29)2)24(30)27-15-20-11-3-5-12-25-20/h3,5,7-8,10-12,14,16,18H,4,6,9,13,15H2,1-2H3,(H,27,30)/t18-/m1/s1. The van der Waals surface area contributed by atoms with E-state index in [4.69, 9.17) is 4.98 Å². The Balaban J connectivity index is 1.67. The van der Waals surface area contributed by atoms with Crippen LogP contribution in [0, 0.1) is 6.92 Å². The molecule has 2 aromatic heterocycles. The molecule has 1 fully saturated rings. The van der Waals surface area contributed by atoms with E-state index in [0.717, 1.165) is 36.2 Å². The van der Waals surface area contributed by atoms with Gasteiger partial charge in [-0.1, -0.05) is 29.8 Å².